The SMILES string of the molecule is CCOC(=O)COc1cccc(Nc2nc(Nc3cc(OC)cc(OC)c3)ncc2F)c1. The Labute approximate surface area is 184 Å². The monoisotopic (exact) mass is 442 g/mol. The van der Waals surface area contributed by atoms with Gasteiger partial charge in [-0.15, -0.1) is 0 Å². The normalized spacial score (nSPS) is 10.2. The highest BCUT2D eigenvalue weighted by molar-refractivity contribution is 5.71. The molecule has 1 aromatic heterocycles. The van der Waals surface area contributed by atoms with Crippen molar-refractivity contribution in [2.75, 3.05) is 38.1 Å². The van der Waals surface area contributed by atoms with Crippen molar-refractivity contribution in [2.45, 2.75) is 6.92 Å². The molecule has 9 nitrogen and oxygen atoms in total. The average Bonchev–Trinajstić information content (AvgIpc) is 2.80. The highest BCUT2D eigenvalue weighted by Gasteiger charge is 2.10. The van der Waals surface area contributed by atoms with Gasteiger partial charge in [0.15, 0.2) is 18.2 Å². The number of carbonyl (C=O) groups is 1. The molecule has 0 aliphatic rings. The van der Waals surface area contributed by atoms with E-state index in [4.69, 9.17) is 18.9 Å². The summed E-state index contributed by atoms with van der Waals surface area (Å²) < 4.78 is 35.0. The molecule has 3 rings (SSSR count). The van der Waals surface area contributed by atoms with Crippen LogP contribution in [0.4, 0.5) is 27.5 Å². The Morgan fingerprint density at radius 1 is 1.00 bits per heavy atom. The third-order valence-electron chi connectivity index (χ3n) is 4.11. The number of hydrogen-bond donors (Lipinski definition) is 2. The van der Waals surface area contributed by atoms with Crippen LogP contribution in [-0.2, 0) is 9.53 Å². The van der Waals surface area contributed by atoms with E-state index in [-0.39, 0.29) is 25.0 Å². The van der Waals surface area contributed by atoms with Gasteiger partial charge in [0.05, 0.1) is 27.0 Å². The van der Waals surface area contributed by atoms with Gasteiger partial charge in [0.25, 0.3) is 0 Å². The van der Waals surface area contributed by atoms with Crippen LogP contribution in [0.3, 0.4) is 0 Å². The summed E-state index contributed by atoms with van der Waals surface area (Å²) in [6.45, 7) is 1.76. The largest absolute Gasteiger partial charge is 0.497 e. The van der Waals surface area contributed by atoms with Gasteiger partial charge in [-0.05, 0) is 19.1 Å². The number of benzene rings is 2. The first kappa shape index (κ1) is 22.6. The van der Waals surface area contributed by atoms with Gasteiger partial charge in [-0.1, -0.05) is 6.07 Å². The standard InChI is InChI=1S/C22H23FN4O5/c1-4-31-20(28)13-32-16-7-5-6-14(8-16)25-21-19(23)12-24-22(27-21)26-15-9-17(29-2)11-18(10-15)30-3/h5-12H,4,13H2,1-3H3,(H2,24,25,26,27). The molecule has 0 aliphatic carbocycles. The number of halogens is 1. The molecule has 0 saturated heterocycles. The molecule has 2 aromatic carbocycles. The van der Waals surface area contributed by atoms with E-state index < -0.39 is 11.8 Å². The number of nitrogens with zero attached hydrogens (tertiary/aromatic N) is 2. The van der Waals surface area contributed by atoms with Gasteiger partial charge in [-0.3, -0.25) is 0 Å². The van der Waals surface area contributed by atoms with Crippen molar-refractivity contribution >= 4 is 29.1 Å². The van der Waals surface area contributed by atoms with Crippen molar-refractivity contribution in [3.8, 4) is 17.2 Å². The lowest BCUT2D eigenvalue weighted by Crippen LogP contribution is -2.14. The molecule has 168 valence electrons. The van der Waals surface area contributed by atoms with Crippen LogP contribution in [0, 0.1) is 5.82 Å². The number of carbonyl (C=O) groups excluding carboxylic acids is 1. The predicted molar refractivity (Wildman–Crippen MR) is 117 cm³/mol. The van der Waals surface area contributed by atoms with E-state index in [1.165, 1.54) is 0 Å². The minimum atomic E-state index is -0.642. The molecular formula is C22H23FN4O5. The maximum atomic E-state index is 14.3. The van der Waals surface area contributed by atoms with E-state index in [1.807, 2.05) is 0 Å². The second-order valence-electron chi connectivity index (χ2n) is 6.36. The Morgan fingerprint density at radius 3 is 2.41 bits per heavy atom. The first-order chi connectivity index (χ1) is 15.5. The van der Waals surface area contributed by atoms with Crippen molar-refractivity contribution < 1.29 is 28.1 Å². The van der Waals surface area contributed by atoms with Crippen LogP contribution < -0.4 is 24.8 Å². The summed E-state index contributed by atoms with van der Waals surface area (Å²) in [6, 6.07) is 11.9. The molecule has 10 heteroatoms. The highest BCUT2D eigenvalue weighted by Crippen LogP contribution is 2.28. The van der Waals surface area contributed by atoms with Crippen LogP contribution >= 0.6 is 0 Å². The van der Waals surface area contributed by atoms with E-state index in [0.717, 1.165) is 6.20 Å². The Balaban J connectivity index is 1.74. The molecule has 0 saturated carbocycles. The number of rotatable bonds is 10. The Morgan fingerprint density at radius 2 is 1.72 bits per heavy atom. The number of methoxy groups -OCH3 is 2. The molecule has 0 aliphatic heterocycles. The predicted octanol–water partition coefficient (Wildman–Crippen LogP) is 4.06. The van der Waals surface area contributed by atoms with Gasteiger partial charge >= 0.3 is 5.97 Å². The van der Waals surface area contributed by atoms with Gasteiger partial charge in [-0.25, -0.2) is 14.2 Å². The Hall–Kier alpha value is -4.08. The number of aromatic nitrogens is 2. The smallest absolute Gasteiger partial charge is 0.344 e. The molecule has 1 heterocycles. The minimum absolute atomic E-state index is 0.0418. The van der Waals surface area contributed by atoms with Crippen LogP contribution in [0.5, 0.6) is 17.2 Å². The third kappa shape index (κ3) is 6.21. The minimum Gasteiger partial charge on any atom is -0.497 e. The van der Waals surface area contributed by atoms with Crippen molar-refractivity contribution in [1.82, 2.24) is 9.97 Å². The van der Waals surface area contributed by atoms with Crippen LogP contribution in [0.1, 0.15) is 6.92 Å². The Kier molecular flexibility index (Phi) is 7.63. The van der Waals surface area contributed by atoms with Crippen LogP contribution in [0.2, 0.25) is 0 Å². The molecule has 0 amide bonds. The summed E-state index contributed by atoms with van der Waals surface area (Å²) in [5.41, 5.74) is 1.12. The van der Waals surface area contributed by atoms with Gasteiger partial charge < -0.3 is 29.6 Å². The summed E-state index contributed by atoms with van der Waals surface area (Å²) >= 11 is 0. The van der Waals surface area contributed by atoms with Crippen molar-refractivity contribution in [1.29, 1.82) is 0 Å². The van der Waals surface area contributed by atoms with Gasteiger partial charge in [-0.2, -0.15) is 4.98 Å². The first-order valence-corrected chi connectivity index (χ1v) is 9.69. The van der Waals surface area contributed by atoms with Gasteiger partial charge in [0, 0.05) is 35.6 Å². The molecule has 2 N–H and O–H groups in total. The highest BCUT2D eigenvalue weighted by atomic mass is 19.1. The second kappa shape index (κ2) is 10.8. The van der Waals surface area contributed by atoms with Crippen molar-refractivity contribution in [2.24, 2.45) is 0 Å². The summed E-state index contributed by atoms with van der Waals surface area (Å²) in [4.78, 5) is 19.6. The number of nitrogens with one attached hydrogen (secondary N) is 2. The average molecular weight is 442 g/mol. The molecular weight excluding hydrogens is 419 g/mol. The fraction of sp³-hybridized carbons (Fsp3) is 0.227. The van der Waals surface area contributed by atoms with Gasteiger partial charge in [0.2, 0.25) is 5.95 Å². The number of ether oxygens (including phenoxy) is 4. The fourth-order valence-electron chi connectivity index (χ4n) is 2.67. The van der Waals surface area contributed by atoms with E-state index in [1.54, 1.807) is 63.6 Å². The first-order valence-electron chi connectivity index (χ1n) is 9.69. The molecule has 0 radical (unpaired) electrons. The van der Waals surface area contributed by atoms with Crippen LogP contribution in [0.15, 0.2) is 48.7 Å². The van der Waals surface area contributed by atoms with E-state index in [9.17, 15) is 9.18 Å². The molecule has 0 unspecified atom stereocenters. The third-order valence-corrected chi connectivity index (χ3v) is 4.11. The van der Waals surface area contributed by atoms with Crippen LogP contribution in [-0.4, -0.2) is 43.4 Å². The van der Waals surface area contributed by atoms with E-state index >= 15 is 0 Å². The number of anilines is 4. The molecule has 0 bridgehead atoms. The lowest BCUT2D eigenvalue weighted by Gasteiger charge is -2.12. The van der Waals surface area contributed by atoms with Gasteiger partial charge in [0.1, 0.15) is 17.2 Å². The quantitative estimate of drug-likeness (QED) is 0.450. The Bertz CT molecular complexity index is 1060. The summed E-state index contributed by atoms with van der Waals surface area (Å²) in [6.07, 6.45) is 1.05. The molecule has 3 aromatic rings. The fourth-order valence-corrected chi connectivity index (χ4v) is 2.67. The zero-order valence-corrected chi connectivity index (χ0v) is 17.8. The zero-order chi connectivity index (χ0) is 22.9. The summed E-state index contributed by atoms with van der Waals surface area (Å²) in [5.74, 6) is 0.575. The molecule has 0 spiro atoms. The van der Waals surface area contributed by atoms with E-state index in [0.29, 0.717) is 28.6 Å². The maximum absolute atomic E-state index is 14.3. The van der Waals surface area contributed by atoms with Crippen LogP contribution in [0.25, 0.3) is 0 Å². The molecule has 32 heavy (non-hydrogen) atoms. The lowest BCUT2D eigenvalue weighted by molar-refractivity contribution is -0.145. The number of hydrogen-bond acceptors (Lipinski definition) is 9. The van der Waals surface area contributed by atoms with E-state index in [2.05, 4.69) is 20.6 Å². The lowest BCUT2D eigenvalue weighted by atomic mass is 10.3. The van der Waals surface area contributed by atoms with Crippen molar-refractivity contribution in [3.05, 3.63) is 54.5 Å². The summed E-state index contributed by atoms with van der Waals surface area (Å²) in [5, 5.41) is 5.88. The maximum Gasteiger partial charge on any atom is 0.344 e. The topological polar surface area (TPSA) is 104 Å². The zero-order valence-electron chi connectivity index (χ0n) is 17.8. The van der Waals surface area contributed by atoms with Crippen molar-refractivity contribution in [3.63, 3.8) is 0 Å². The number of esters is 1. The summed E-state index contributed by atoms with van der Waals surface area (Å²) in [7, 11) is 3.08. The molecule has 0 atom stereocenters. The molecule has 0 fully saturated rings. The second-order valence-corrected chi connectivity index (χ2v) is 6.36.